The Labute approximate surface area is 186 Å². The molecule has 1 aromatic heterocycles. The predicted octanol–water partition coefficient (Wildman–Crippen LogP) is 6.23. The molecule has 0 radical (unpaired) electrons. The Balaban J connectivity index is 1.61. The van der Waals surface area contributed by atoms with Crippen molar-refractivity contribution in [3.8, 4) is 5.69 Å². The number of rotatable bonds is 4. The van der Waals surface area contributed by atoms with E-state index in [9.17, 15) is 14.0 Å². The Morgan fingerprint density at radius 1 is 1.03 bits per heavy atom. The Morgan fingerprint density at radius 3 is 2.37 bits per heavy atom. The van der Waals surface area contributed by atoms with E-state index in [1.165, 1.54) is 17.0 Å². The van der Waals surface area contributed by atoms with Crippen LogP contribution in [0.4, 0.5) is 9.18 Å². The minimum Gasteiger partial charge on any atom is -0.318 e. The molecule has 2 heterocycles. The maximum Gasteiger partial charge on any atom is 0.293 e. The third kappa shape index (κ3) is 4.00. The van der Waals surface area contributed by atoms with Crippen LogP contribution in [0.15, 0.2) is 64.0 Å². The lowest BCUT2D eigenvalue weighted by Gasteiger charge is -2.12. The zero-order valence-corrected chi connectivity index (χ0v) is 18.8. The fraction of sp³-hybridized carbons (Fsp3) is 0.130. The van der Waals surface area contributed by atoms with Gasteiger partial charge in [0.25, 0.3) is 11.1 Å². The number of nitrogens with zero attached hydrogens (tertiary/aromatic N) is 2. The highest BCUT2D eigenvalue weighted by atomic mass is 79.9. The summed E-state index contributed by atoms with van der Waals surface area (Å²) in [5, 5.41) is -0.276. The van der Waals surface area contributed by atoms with Crippen LogP contribution in [-0.2, 0) is 11.3 Å². The van der Waals surface area contributed by atoms with Gasteiger partial charge in [0, 0.05) is 21.5 Å². The molecule has 2 aromatic carbocycles. The van der Waals surface area contributed by atoms with Gasteiger partial charge in [-0.05, 0) is 85.3 Å². The molecule has 1 aliphatic heterocycles. The SMILES string of the molecule is Cc1cc(C=C2SC(=O)N(Cc3ccc(Br)cc3)C2=O)c(C)n1-c1ccc(F)cc1. The van der Waals surface area contributed by atoms with Gasteiger partial charge in [0.15, 0.2) is 0 Å². The molecule has 1 aliphatic rings. The summed E-state index contributed by atoms with van der Waals surface area (Å²) in [4.78, 5) is 27.0. The van der Waals surface area contributed by atoms with Crippen molar-refractivity contribution in [2.45, 2.75) is 20.4 Å². The molecule has 3 aromatic rings. The molecule has 0 saturated carbocycles. The van der Waals surface area contributed by atoms with E-state index in [-0.39, 0.29) is 23.5 Å². The molecule has 4 rings (SSSR count). The predicted molar refractivity (Wildman–Crippen MR) is 121 cm³/mol. The summed E-state index contributed by atoms with van der Waals surface area (Å²) in [5.74, 6) is -0.583. The van der Waals surface area contributed by atoms with E-state index in [0.717, 1.165) is 44.4 Å². The molecule has 2 amide bonds. The summed E-state index contributed by atoms with van der Waals surface area (Å²) in [5.41, 5.74) is 4.45. The molecule has 0 unspecified atom stereocenters. The standard InChI is InChI=1S/C23H18BrFN2O2S/c1-14-11-17(15(2)27(14)20-9-7-19(25)8-10-20)12-21-22(28)26(23(29)30-21)13-16-3-5-18(24)6-4-16/h3-12H,13H2,1-2H3. The van der Waals surface area contributed by atoms with Gasteiger partial charge in [0.05, 0.1) is 11.4 Å². The van der Waals surface area contributed by atoms with Crippen molar-refractivity contribution in [2.75, 3.05) is 0 Å². The van der Waals surface area contributed by atoms with Gasteiger partial charge in [-0.1, -0.05) is 28.1 Å². The van der Waals surface area contributed by atoms with E-state index in [1.807, 2.05) is 48.7 Å². The van der Waals surface area contributed by atoms with E-state index in [4.69, 9.17) is 0 Å². The van der Waals surface area contributed by atoms with E-state index in [0.29, 0.717) is 4.91 Å². The molecule has 7 heteroatoms. The molecule has 0 aliphatic carbocycles. The van der Waals surface area contributed by atoms with Crippen LogP contribution in [0.5, 0.6) is 0 Å². The van der Waals surface area contributed by atoms with Gasteiger partial charge < -0.3 is 4.57 Å². The third-order valence-electron chi connectivity index (χ3n) is 4.97. The number of halogens is 2. The Bertz CT molecular complexity index is 1170. The molecule has 152 valence electrons. The van der Waals surface area contributed by atoms with E-state index < -0.39 is 0 Å². The van der Waals surface area contributed by atoms with Crippen LogP contribution in [0.1, 0.15) is 22.5 Å². The molecular formula is C23H18BrFN2O2S. The topological polar surface area (TPSA) is 42.3 Å². The minimum absolute atomic E-state index is 0.240. The molecule has 0 spiro atoms. The number of amides is 2. The van der Waals surface area contributed by atoms with Crippen molar-refractivity contribution in [2.24, 2.45) is 0 Å². The van der Waals surface area contributed by atoms with E-state index in [2.05, 4.69) is 15.9 Å². The van der Waals surface area contributed by atoms with E-state index >= 15 is 0 Å². The highest BCUT2D eigenvalue weighted by Crippen LogP contribution is 2.34. The van der Waals surface area contributed by atoms with Crippen molar-refractivity contribution >= 4 is 44.9 Å². The Kier molecular flexibility index (Phi) is 5.66. The fourth-order valence-electron chi connectivity index (χ4n) is 3.47. The van der Waals surface area contributed by atoms with Gasteiger partial charge in [-0.3, -0.25) is 14.5 Å². The monoisotopic (exact) mass is 484 g/mol. The number of aromatic nitrogens is 1. The zero-order valence-electron chi connectivity index (χ0n) is 16.4. The summed E-state index contributed by atoms with van der Waals surface area (Å²) in [6, 6.07) is 15.8. The van der Waals surface area contributed by atoms with Gasteiger partial charge in [0.2, 0.25) is 0 Å². The van der Waals surface area contributed by atoms with Crippen LogP contribution in [0.25, 0.3) is 11.8 Å². The first-order valence-corrected chi connectivity index (χ1v) is 10.9. The second-order valence-electron chi connectivity index (χ2n) is 7.03. The van der Waals surface area contributed by atoms with Crippen LogP contribution < -0.4 is 0 Å². The molecule has 0 atom stereocenters. The van der Waals surface area contributed by atoms with Crippen molar-refractivity contribution in [3.63, 3.8) is 0 Å². The van der Waals surface area contributed by atoms with Gasteiger partial charge in [-0.25, -0.2) is 4.39 Å². The van der Waals surface area contributed by atoms with Crippen LogP contribution >= 0.6 is 27.7 Å². The number of carbonyl (C=O) groups excluding carboxylic acids is 2. The lowest BCUT2D eigenvalue weighted by molar-refractivity contribution is -0.123. The second kappa shape index (κ2) is 8.24. The molecule has 0 N–H and O–H groups in total. The summed E-state index contributed by atoms with van der Waals surface area (Å²) in [7, 11) is 0. The number of imide groups is 1. The smallest absolute Gasteiger partial charge is 0.293 e. The van der Waals surface area contributed by atoms with Crippen molar-refractivity contribution in [1.82, 2.24) is 9.47 Å². The number of hydrogen-bond acceptors (Lipinski definition) is 3. The van der Waals surface area contributed by atoms with Gasteiger partial charge in [-0.2, -0.15) is 0 Å². The van der Waals surface area contributed by atoms with Crippen LogP contribution in [0.3, 0.4) is 0 Å². The third-order valence-corrected chi connectivity index (χ3v) is 6.41. The lowest BCUT2D eigenvalue weighted by atomic mass is 10.2. The van der Waals surface area contributed by atoms with Crippen molar-refractivity contribution < 1.29 is 14.0 Å². The number of benzene rings is 2. The Morgan fingerprint density at radius 2 is 1.70 bits per heavy atom. The first-order valence-electron chi connectivity index (χ1n) is 9.28. The minimum atomic E-state index is -0.292. The average molecular weight is 485 g/mol. The average Bonchev–Trinajstić information content (AvgIpc) is 3.14. The molecular weight excluding hydrogens is 467 g/mol. The highest BCUT2D eigenvalue weighted by molar-refractivity contribution is 9.10. The van der Waals surface area contributed by atoms with Gasteiger partial charge in [-0.15, -0.1) is 0 Å². The maximum atomic E-state index is 13.3. The highest BCUT2D eigenvalue weighted by Gasteiger charge is 2.35. The maximum absolute atomic E-state index is 13.3. The van der Waals surface area contributed by atoms with E-state index in [1.54, 1.807) is 18.2 Å². The van der Waals surface area contributed by atoms with Gasteiger partial charge >= 0.3 is 0 Å². The number of hydrogen-bond donors (Lipinski definition) is 0. The molecule has 0 bridgehead atoms. The second-order valence-corrected chi connectivity index (χ2v) is 8.94. The summed E-state index contributed by atoms with van der Waals surface area (Å²) in [6.07, 6.45) is 1.76. The fourth-order valence-corrected chi connectivity index (χ4v) is 4.56. The summed E-state index contributed by atoms with van der Waals surface area (Å²) >= 11 is 4.33. The number of aryl methyl sites for hydroxylation is 1. The molecule has 4 nitrogen and oxygen atoms in total. The van der Waals surface area contributed by atoms with Gasteiger partial charge in [0.1, 0.15) is 5.82 Å². The van der Waals surface area contributed by atoms with Crippen molar-refractivity contribution in [3.05, 3.63) is 92.3 Å². The normalized spacial score (nSPS) is 15.5. The molecule has 1 fully saturated rings. The molecule has 30 heavy (non-hydrogen) atoms. The van der Waals surface area contributed by atoms with Crippen LogP contribution in [0, 0.1) is 19.7 Å². The van der Waals surface area contributed by atoms with Crippen LogP contribution in [-0.4, -0.2) is 20.6 Å². The van der Waals surface area contributed by atoms with Crippen LogP contribution in [0.2, 0.25) is 0 Å². The zero-order chi connectivity index (χ0) is 21.4. The first-order chi connectivity index (χ1) is 14.3. The first kappa shape index (κ1) is 20.6. The Hall–Kier alpha value is -2.64. The lowest BCUT2D eigenvalue weighted by Crippen LogP contribution is -2.27. The number of carbonyl (C=O) groups is 2. The quantitative estimate of drug-likeness (QED) is 0.412. The number of thioether (sulfide) groups is 1. The largest absolute Gasteiger partial charge is 0.318 e. The summed E-state index contributed by atoms with van der Waals surface area (Å²) in [6.45, 7) is 4.13. The molecule has 1 saturated heterocycles. The summed E-state index contributed by atoms with van der Waals surface area (Å²) < 4.78 is 16.2. The van der Waals surface area contributed by atoms with Crippen molar-refractivity contribution in [1.29, 1.82) is 0 Å².